The van der Waals surface area contributed by atoms with Crippen LogP contribution in [0.15, 0.2) is 59.3 Å². The number of anilines is 3. The number of aromatic nitrogens is 2. The molecule has 1 N–H and O–H groups in total. The smallest absolute Gasteiger partial charge is 0.227 e. The van der Waals surface area contributed by atoms with E-state index in [-0.39, 0.29) is 0 Å². The van der Waals surface area contributed by atoms with Crippen LogP contribution < -0.4 is 15.1 Å². The van der Waals surface area contributed by atoms with Crippen LogP contribution in [0, 0.1) is 6.92 Å². The molecule has 1 saturated heterocycles. The van der Waals surface area contributed by atoms with Crippen LogP contribution in [0.25, 0.3) is 0 Å². The van der Waals surface area contributed by atoms with Crippen LogP contribution in [-0.4, -0.2) is 36.1 Å². The molecule has 3 aromatic rings. The highest BCUT2D eigenvalue weighted by Crippen LogP contribution is 2.20. The fourth-order valence-electron chi connectivity index (χ4n) is 3.18. The predicted molar refractivity (Wildman–Crippen MR) is 104 cm³/mol. The summed E-state index contributed by atoms with van der Waals surface area (Å²) in [5.41, 5.74) is 2.59. The lowest BCUT2D eigenvalue weighted by molar-refractivity contribution is 0.517. The molecular formula is C20H23N5O. The van der Waals surface area contributed by atoms with Crippen molar-refractivity contribution in [1.29, 1.82) is 0 Å². The number of furan rings is 1. The average molecular weight is 349 g/mol. The van der Waals surface area contributed by atoms with E-state index in [0.29, 0.717) is 6.54 Å². The first-order valence-corrected chi connectivity index (χ1v) is 8.94. The normalized spacial score (nSPS) is 14.5. The van der Waals surface area contributed by atoms with Gasteiger partial charge in [0.1, 0.15) is 11.6 Å². The number of nitrogens with one attached hydrogen (secondary N) is 1. The minimum absolute atomic E-state index is 0.616. The summed E-state index contributed by atoms with van der Waals surface area (Å²) < 4.78 is 5.34. The second-order valence-electron chi connectivity index (χ2n) is 6.49. The van der Waals surface area contributed by atoms with Crippen LogP contribution in [0.1, 0.15) is 11.3 Å². The number of nitrogens with zero attached hydrogens (tertiary/aromatic N) is 4. The predicted octanol–water partition coefficient (Wildman–Crippen LogP) is 3.32. The van der Waals surface area contributed by atoms with E-state index in [1.165, 1.54) is 11.3 Å². The zero-order chi connectivity index (χ0) is 17.8. The largest absolute Gasteiger partial charge is 0.467 e. The molecule has 1 fully saturated rings. The van der Waals surface area contributed by atoms with E-state index in [1.807, 2.05) is 18.2 Å². The maximum Gasteiger partial charge on any atom is 0.227 e. The molecule has 6 nitrogen and oxygen atoms in total. The summed E-state index contributed by atoms with van der Waals surface area (Å²) in [6.45, 7) is 6.51. The average Bonchev–Trinajstić information content (AvgIpc) is 3.20. The summed E-state index contributed by atoms with van der Waals surface area (Å²) in [7, 11) is 0. The van der Waals surface area contributed by atoms with Gasteiger partial charge in [-0.2, -0.15) is 4.98 Å². The van der Waals surface area contributed by atoms with Crippen LogP contribution in [0.2, 0.25) is 0 Å². The molecule has 1 aliphatic heterocycles. The minimum atomic E-state index is 0.616. The SMILES string of the molecule is Cc1cccc(N2CCN(c3nccc(NCc4ccco4)n3)CC2)c1. The summed E-state index contributed by atoms with van der Waals surface area (Å²) in [5, 5.41) is 3.29. The Labute approximate surface area is 153 Å². The Morgan fingerprint density at radius 3 is 2.65 bits per heavy atom. The Hall–Kier alpha value is -3.02. The molecule has 0 atom stereocenters. The topological polar surface area (TPSA) is 57.4 Å². The third-order valence-electron chi connectivity index (χ3n) is 4.60. The lowest BCUT2D eigenvalue weighted by Gasteiger charge is -2.36. The van der Waals surface area contributed by atoms with Crippen molar-refractivity contribution in [3.05, 3.63) is 66.2 Å². The standard InChI is InChI=1S/C20H23N5O/c1-16-4-2-5-17(14-16)24-9-11-25(12-10-24)20-21-8-7-19(23-20)22-15-18-6-3-13-26-18/h2-8,13-14H,9-12,15H2,1H3,(H,21,22,23). The van der Waals surface area contributed by atoms with E-state index in [0.717, 1.165) is 43.7 Å². The number of aryl methyl sites for hydroxylation is 1. The molecule has 2 aromatic heterocycles. The monoisotopic (exact) mass is 349 g/mol. The van der Waals surface area contributed by atoms with Gasteiger partial charge in [-0.25, -0.2) is 4.98 Å². The number of hydrogen-bond donors (Lipinski definition) is 1. The third-order valence-corrected chi connectivity index (χ3v) is 4.60. The number of rotatable bonds is 5. The van der Waals surface area contributed by atoms with E-state index in [1.54, 1.807) is 12.5 Å². The van der Waals surface area contributed by atoms with Crippen LogP contribution in [0.5, 0.6) is 0 Å². The van der Waals surface area contributed by atoms with Crippen LogP contribution in [-0.2, 0) is 6.54 Å². The van der Waals surface area contributed by atoms with Crippen molar-refractivity contribution in [2.45, 2.75) is 13.5 Å². The molecule has 1 aliphatic rings. The van der Waals surface area contributed by atoms with Gasteiger partial charge >= 0.3 is 0 Å². The van der Waals surface area contributed by atoms with Gasteiger partial charge in [0.25, 0.3) is 0 Å². The molecule has 1 aromatic carbocycles. The number of benzene rings is 1. The molecule has 0 bridgehead atoms. The Morgan fingerprint density at radius 1 is 1.04 bits per heavy atom. The van der Waals surface area contributed by atoms with Crippen LogP contribution in [0.3, 0.4) is 0 Å². The molecule has 4 rings (SSSR count). The third kappa shape index (κ3) is 3.79. The van der Waals surface area contributed by atoms with Crippen LogP contribution in [0.4, 0.5) is 17.5 Å². The highest BCUT2D eigenvalue weighted by molar-refractivity contribution is 5.50. The quantitative estimate of drug-likeness (QED) is 0.763. The minimum Gasteiger partial charge on any atom is -0.467 e. The summed E-state index contributed by atoms with van der Waals surface area (Å²) in [6, 6.07) is 14.4. The molecule has 0 aliphatic carbocycles. The van der Waals surface area contributed by atoms with E-state index in [9.17, 15) is 0 Å². The first kappa shape index (κ1) is 16.4. The van der Waals surface area contributed by atoms with Gasteiger partial charge in [0.2, 0.25) is 5.95 Å². The van der Waals surface area contributed by atoms with Gasteiger partial charge in [-0.15, -0.1) is 0 Å². The van der Waals surface area contributed by atoms with Gasteiger partial charge in [-0.3, -0.25) is 0 Å². The van der Waals surface area contributed by atoms with E-state index < -0.39 is 0 Å². The fraction of sp³-hybridized carbons (Fsp3) is 0.300. The molecule has 26 heavy (non-hydrogen) atoms. The van der Waals surface area contributed by atoms with Crippen molar-refractivity contribution >= 4 is 17.5 Å². The lowest BCUT2D eigenvalue weighted by atomic mass is 10.2. The maximum atomic E-state index is 5.34. The maximum absolute atomic E-state index is 5.34. The van der Waals surface area contributed by atoms with Gasteiger partial charge in [0.15, 0.2) is 0 Å². The summed E-state index contributed by atoms with van der Waals surface area (Å²) >= 11 is 0. The summed E-state index contributed by atoms with van der Waals surface area (Å²) in [5.74, 6) is 2.47. The van der Waals surface area contributed by atoms with Crippen molar-refractivity contribution in [1.82, 2.24) is 9.97 Å². The molecule has 134 valence electrons. The Kier molecular flexibility index (Phi) is 4.73. The highest BCUT2D eigenvalue weighted by Gasteiger charge is 2.19. The number of hydrogen-bond acceptors (Lipinski definition) is 6. The first-order valence-electron chi connectivity index (χ1n) is 8.94. The second kappa shape index (κ2) is 7.47. The van der Waals surface area contributed by atoms with Gasteiger partial charge in [0, 0.05) is 38.1 Å². The zero-order valence-electron chi connectivity index (χ0n) is 14.9. The summed E-state index contributed by atoms with van der Waals surface area (Å²) in [6.07, 6.45) is 3.48. The molecule has 0 amide bonds. The van der Waals surface area contributed by atoms with Crippen molar-refractivity contribution in [2.75, 3.05) is 41.3 Å². The highest BCUT2D eigenvalue weighted by atomic mass is 16.3. The second-order valence-corrected chi connectivity index (χ2v) is 6.49. The molecular weight excluding hydrogens is 326 g/mol. The zero-order valence-corrected chi connectivity index (χ0v) is 14.9. The Morgan fingerprint density at radius 2 is 1.88 bits per heavy atom. The number of piperazine rings is 1. The van der Waals surface area contributed by atoms with Gasteiger partial charge in [0.05, 0.1) is 12.8 Å². The molecule has 0 spiro atoms. The molecule has 6 heteroatoms. The van der Waals surface area contributed by atoms with Gasteiger partial charge in [-0.05, 0) is 42.8 Å². The van der Waals surface area contributed by atoms with Crippen molar-refractivity contribution < 1.29 is 4.42 Å². The summed E-state index contributed by atoms with van der Waals surface area (Å²) in [4.78, 5) is 13.8. The molecule has 0 unspecified atom stereocenters. The van der Waals surface area contributed by atoms with Crippen molar-refractivity contribution in [2.24, 2.45) is 0 Å². The molecule has 0 radical (unpaired) electrons. The van der Waals surface area contributed by atoms with E-state index >= 15 is 0 Å². The van der Waals surface area contributed by atoms with Crippen LogP contribution >= 0.6 is 0 Å². The molecule has 0 saturated carbocycles. The van der Waals surface area contributed by atoms with E-state index in [2.05, 4.69) is 56.3 Å². The Bertz CT molecular complexity index is 841. The fourth-order valence-corrected chi connectivity index (χ4v) is 3.18. The van der Waals surface area contributed by atoms with Gasteiger partial charge in [-0.1, -0.05) is 12.1 Å². The van der Waals surface area contributed by atoms with E-state index in [4.69, 9.17) is 4.42 Å². The van der Waals surface area contributed by atoms with Gasteiger partial charge < -0.3 is 19.5 Å². The first-order chi connectivity index (χ1) is 12.8. The molecule has 3 heterocycles. The van der Waals surface area contributed by atoms with Crippen molar-refractivity contribution in [3.8, 4) is 0 Å². The van der Waals surface area contributed by atoms with Crippen molar-refractivity contribution in [3.63, 3.8) is 0 Å². The Balaban J connectivity index is 1.37. The lowest BCUT2D eigenvalue weighted by Crippen LogP contribution is -2.47.